The number of ether oxygens (including phenoxy) is 4. The van der Waals surface area contributed by atoms with Crippen molar-refractivity contribution < 1.29 is 41.9 Å². The van der Waals surface area contributed by atoms with E-state index in [4.69, 9.17) is 23.5 Å². The van der Waals surface area contributed by atoms with Gasteiger partial charge in [-0.15, -0.1) is 0 Å². The van der Waals surface area contributed by atoms with E-state index in [0.29, 0.717) is 46.7 Å². The van der Waals surface area contributed by atoms with E-state index >= 15 is 0 Å². The lowest BCUT2D eigenvalue weighted by Gasteiger charge is -2.42. The number of quaternary nitrogens is 1. The number of hydrogen-bond acceptors (Lipinski definition) is 8. The van der Waals surface area contributed by atoms with Crippen molar-refractivity contribution in [3.8, 4) is 11.5 Å². The summed E-state index contributed by atoms with van der Waals surface area (Å²) >= 11 is 0. The zero-order valence-electron chi connectivity index (χ0n) is 24.9. The van der Waals surface area contributed by atoms with Gasteiger partial charge in [0, 0.05) is 42.2 Å². The molecule has 0 bridgehead atoms. The van der Waals surface area contributed by atoms with Crippen LogP contribution in [-0.2, 0) is 9.47 Å². The number of methoxy groups -OCH3 is 1. The molecule has 0 radical (unpaired) electrons. The second kappa shape index (κ2) is 15.3. The number of nitrogens with zero attached hydrogens (tertiary/aromatic N) is 2. The van der Waals surface area contributed by atoms with Gasteiger partial charge in [0.2, 0.25) is 6.73 Å². The van der Waals surface area contributed by atoms with Gasteiger partial charge in [0.25, 0.3) is 0 Å². The number of halogens is 1. The number of rotatable bonds is 13. The van der Waals surface area contributed by atoms with Crippen molar-refractivity contribution in [3.05, 3.63) is 73.1 Å². The van der Waals surface area contributed by atoms with E-state index in [0.717, 1.165) is 43.4 Å². The summed E-state index contributed by atoms with van der Waals surface area (Å²) in [5, 5.41) is 5.09. The zero-order valence-corrected chi connectivity index (χ0v) is 24.9. The molecule has 0 N–H and O–H groups in total. The highest BCUT2D eigenvalue weighted by Gasteiger charge is 2.37. The van der Waals surface area contributed by atoms with Crippen molar-refractivity contribution in [2.75, 3.05) is 46.7 Å². The zero-order chi connectivity index (χ0) is 29.2. The highest BCUT2D eigenvalue weighted by Crippen LogP contribution is 2.35. The molecule has 10 heteroatoms. The highest BCUT2D eigenvalue weighted by atomic mass is 19.1. The minimum absolute atomic E-state index is 0. The van der Waals surface area contributed by atoms with Crippen LogP contribution >= 0.6 is 0 Å². The lowest BCUT2D eigenvalue weighted by atomic mass is 9.90. The van der Waals surface area contributed by atoms with E-state index in [1.807, 2.05) is 13.0 Å². The summed E-state index contributed by atoms with van der Waals surface area (Å²) in [6, 6.07) is 9.63. The van der Waals surface area contributed by atoms with Gasteiger partial charge < -0.3 is 30.9 Å². The third-order valence-corrected chi connectivity index (χ3v) is 7.51. The molecule has 0 unspecified atom stereocenters. The largest absolute Gasteiger partial charge is 0.512 e. The summed E-state index contributed by atoms with van der Waals surface area (Å²) in [6.07, 6.45) is 6.20. The average Bonchev–Trinajstić information content (AvgIpc) is 3.40. The van der Waals surface area contributed by atoms with Crippen LogP contribution in [0, 0.1) is 13.2 Å². The second-order valence-electron chi connectivity index (χ2n) is 10.3. The van der Waals surface area contributed by atoms with Crippen LogP contribution in [0.4, 0.5) is 9.18 Å². The molecule has 1 saturated heterocycles. The first-order valence-corrected chi connectivity index (χ1v) is 14.0. The van der Waals surface area contributed by atoms with Gasteiger partial charge in [-0.3, -0.25) is 9.28 Å². The van der Waals surface area contributed by atoms with Crippen LogP contribution in [-0.4, -0.2) is 68.3 Å². The van der Waals surface area contributed by atoms with Crippen LogP contribution in [0.15, 0.2) is 53.1 Å². The number of allylic oxidation sites excluding steroid dienone is 1. The molecule has 1 fully saturated rings. The molecule has 228 valence electrons. The van der Waals surface area contributed by atoms with Crippen LogP contribution in [0.25, 0.3) is 11.0 Å². The topological polar surface area (TPSA) is 97.1 Å². The molecule has 3 aromatic rings. The average molecular weight is 585 g/mol. The third kappa shape index (κ3) is 8.31. The number of ketones is 1. The molecule has 42 heavy (non-hydrogen) atoms. The van der Waals surface area contributed by atoms with Gasteiger partial charge in [-0.25, -0.2) is 9.18 Å². The number of carbonyl (C=O) groups is 2. The number of carbonyl (C=O) groups excluding carboxylic acids is 2. The van der Waals surface area contributed by atoms with Gasteiger partial charge in [-0.2, -0.15) is 0 Å². The number of likely N-dealkylation sites (tertiary alicyclic amines) is 1. The van der Waals surface area contributed by atoms with Gasteiger partial charge >= 0.3 is 6.16 Å². The summed E-state index contributed by atoms with van der Waals surface area (Å²) < 4.78 is 41.7. The number of benzene rings is 2. The molecule has 4 rings (SSSR count). The Hall–Kier alpha value is -3.92. The van der Waals surface area contributed by atoms with Crippen LogP contribution in [0.1, 0.15) is 61.5 Å². The van der Waals surface area contributed by atoms with Gasteiger partial charge in [0.15, 0.2) is 22.9 Å². The molecule has 0 amide bonds. The molecule has 2 heterocycles. The van der Waals surface area contributed by atoms with Gasteiger partial charge in [0.1, 0.15) is 12.4 Å². The van der Waals surface area contributed by atoms with Crippen molar-refractivity contribution in [2.24, 2.45) is 0 Å². The monoisotopic (exact) mass is 584 g/mol. The van der Waals surface area contributed by atoms with Gasteiger partial charge in [-0.1, -0.05) is 24.2 Å². The Morgan fingerprint density at radius 2 is 1.88 bits per heavy atom. The van der Waals surface area contributed by atoms with Crippen molar-refractivity contribution in [1.82, 2.24) is 5.16 Å². The Kier molecular flexibility index (Phi) is 11.9. The summed E-state index contributed by atoms with van der Waals surface area (Å²) in [5.74, 6) is 0.820. The Balaban J connectivity index is 0.00000484. The maximum absolute atomic E-state index is 13.6. The predicted molar refractivity (Wildman–Crippen MR) is 157 cm³/mol. The summed E-state index contributed by atoms with van der Waals surface area (Å²) in [5.41, 5.74) is 1.84. The minimum Gasteiger partial charge on any atom is -0.493 e. The SMILES string of the molecule is CC/C=C/COC(=O)OC[N+]1(CCCOc2ccc(C(C)=O)cc2OC)CCC(c2noc3cc(F)ccc23)CC1.[CH3-]. The van der Waals surface area contributed by atoms with E-state index in [1.54, 1.807) is 37.5 Å². The third-order valence-electron chi connectivity index (χ3n) is 7.51. The van der Waals surface area contributed by atoms with Crippen molar-refractivity contribution in [3.63, 3.8) is 0 Å². The van der Waals surface area contributed by atoms with Crippen molar-refractivity contribution in [1.29, 1.82) is 0 Å². The quantitative estimate of drug-likeness (QED) is 0.0536. The first-order chi connectivity index (χ1) is 19.8. The summed E-state index contributed by atoms with van der Waals surface area (Å²) in [6.45, 7) is 6.51. The van der Waals surface area contributed by atoms with E-state index in [1.165, 1.54) is 19.1 Å². The fourth-order valence-electron chi connectivity index (χ4n) is 5.20. The number of piperidine rings is 1. The predicted octanol–water partition coefficient (Wildman–Crippen LogP) is 6.87. The maximum Gasteiger partial charge on any atom is 0.512 e. The Morgan fingerprint density at radius 1 is 1.10 bits per heavy atom. The fourth-order valence-corrected chi connectivity index (χ4v) is 5.20. The smallest absolute Gasteiger partial charge is 0.493 e. The number of fused-ring (bicyclic) bond motifs is 1. The normalized spacial score (nSPS) is 18.4. The highest BCUT2D eigenvalue weighted by molar-refractivity contribution is 5.94. The molecule has 0 spiro atoms. The lowest BCUT2D eigenvalue weighted by molar-refractivity contribution is -0.948. The number of Topliss-reactive ketones (excluding diaryl/α,β-unsaturated/α-hetero) is 1. The molecule has 0 saturated carbocycles. The molecule has 1 aliphatic heterocycles. The summed E-state index contributed by atoms with van der Waals surface area (Å²) in [4.78, 5) is 24.0. The van der Waals surface area contributed by atoms with Crippen LogP contribution in [0.3, 0.4) is 0 Å². The Labute approximate surface area is 246 Å². The number of aromatic nitrogens is 1. The van der Waals surface area contributed by atoms with E-state index in [9.17, 15) is 14.0 Å². The summed E-state index contributed by atoms with van der Waals surface area (Å²) in [7, 11) is 1.54. The van der Waals surface area contributed by atoms with E-state index in [-0.39, 0.29) is 38.3 Å². The molecular formula is C32H41FN2O7. The molecule has 2 aromatic carbocycles. The van der Waals surface area contributed by atoms with Crippen LogP contribution in [0.2, 0.25) is 0 Å². The van der Waals surface area contributed by atoms with Crippen molar-refractivity contribution in [2.45, 2.75) is 45.4 Å². The molecular weight excluding hydrogens is 543 g/mol. The van der Waals surface area contributed by atoms with Gasteiger partial charge in [0.05, 0.1) is 39.0 Å². The second-order valence-corrected chi connectivity index (χ2v) is 10.3. The first-order valence-electron chi connectivity index (χ1n) is 14.0. The van der Waals surface area contributed by atoms with Gasteiger partial charge in [-0.05, 0) is 43.7 Å². The van der Waals surface area contributed by atoms with Crippen LogP contribution in [0.5, 0.6) is 11.5 Å². The molecule has 0 atom stereocenters. The molecule has 1 aromatic heterocycles. The standard InChI is InChI=1S/C31H38FN2O7.CH3/c1-4-5-6-17-39-31(36)40-21-34(14-7-18-38-27-11-8-24(22(2)35)19-29(27)37-3)15-12-23(13-16-34)30-26-10-9-25(32)20-28(26)41-33-30;/h5-6,8-11,19-20,23H,4,7,12-18,21H2,1-3H3;1H3/q+1;-1/b6-5+;. The van der Waals surface area contributed by atoms with E-state index in [2.05, 4.69) is 5.16 Å². The van der Waals surface area contributed by atoms with E-state index < -0.39 is 6.16 Å². The molecule has 1 aliphatic rings. The maximum atomic E-state index is 13.6. The first kappa shape index (κ1) is 32.6. The Morgan fingerprint density at radius 3 is 2.60 bits per heavy atom. The Bertz CT molecular complexity index is 1360. The number of hydrogen-bond donors (Lipinski definition) is 0. The van der Waals surface area contributed by atoms with Crippen molar-refractivity contribution >= 4 is 22.9 Å². The molecule has 0 aliphatic carbocycles. The lowest BCUT2D eigenvalue weighted by Crippen LogP contribution is -2.55. The van der Waals surface area contributed by atoms with Crippen LogP contribution < -0.4 is 9.47 Å². The minimum atomic E-state index is -0.693. The molecule has 9 nitrogen and oxygen atoms in total. The fraction of sp³-hybridized carbons (Fsp3) is 0.438.